The predicted molar refractivity (Wildman–Crippen MR) is 60.1 cm³/mol. The first-order valence-corrected chi connectivity index (χ1v) is 5.08. The summed E-state index contributed by atoms with van der Waals surface area (Å²) in [5.41, 5.74) is 1.82. The summed E-state index contributed by atoms with van der Waals surface area (Å²) in [6.07, 6.45) is 1.81. The first-order valence-electron chi connectivity index (χ1n) is 5.08. The number of Topliss-reactive ketones (excluding diaryl/α,β-unsaturated/α-hetero) is 1. The molecule has 0 saturated heterocycles. The predicted octanol–water partition coefficient (Wildman–Crippen LogP) is 2.82. The molecule has 1 aromatic heterocycles. The molecule has 2 rings (SSSR count). The summed E-state index contributed by atoms with van der Waals surface area (Å²) in [6, 6.07) is 6.04. The minimum Gasteiger partial charge on any atom is -0.295 e. The maximum absolute atomic E-state index is 11.2. The highest BCUT2D eigenvalue weighted by Crippen LogP contribution is 2.19. The molecule has 0 aliphatic heterocycles. The zero-order valence-electron chi connectivity index (χ0n) is 9.19. The monoisotopic (exact) mass is 202 g/mol. The fraction of sp³-hybridized carbons (Fsp3) is 0.333. The number of carbonyl (C=O) groups excluding carboxylic acids is 1. The van der Waals surface area contributed by atoms with Crippen LogP contribution >= 0.6 is 0 Å². The Kier molecular flexibility index (Phi) is 2.31. The molecule has 0 fully saturated rings. The van der Waals surface area contributed by atoms with Gasteiger partial charge in [0.25, 0.3) is 0 Å². The summed E-state index contributed by atoms with van der Waals surface area (Å²) in [5, 5.41) is 5.33. The number of benzene rings is 1. The lowest BCUT2D eigenvalue weighted by Gasteiger charge is -2.06. The van der Waals surface area contributed by atoms with Gasteiger partial charge in [-0.05, 0) is 39.0 Å². The molecule has 0 N–H and O–H groups in total. The van der Waals surface area contributed by atoms with Crippen LogP contribution < -0.4 is 0 Å². The lowest BCUT2D eigenvalue weighted by Crippen LogP contribution is -2.02. The Morgan fingerprint density at radius 3 is 2.73 bits per heavy atom. The highest BCUT2D eigenvalue weighted by molar-refractivity contribution is 5.97. The molecule has 3 nitrogen and oxygen atoms in total. The van der Waals surface area contributed by atoms with Crippen molar-refractivity contribution in [2.24, 2.45) is 0 Å². The number of hydrogen-bond acceptors (Lipinski definition) is 2. The topological polar surface area (TPSA) is 34.9 Å². The van der Waals surface area contributed by atoms with Gasteiger partial charge in [-0.15, -0.1) is 0 Å². The first-order chi connectivity index (χ1) is 7.09. The Morgan fingerprint density at radius 2 is 2.13 bits per heavy atom. The van der Waals surface area contributed by atoms with Crippen molar-refractivity contribution in [3.05, 3.63) is 30.0 Å². The van der Waals surface area contributed by atoms with Gasteiger partial charge in [0.1, 0.15) is 0 Å². The number of carbonyl (C=O) groups is 1. The molecular weight excluding hydrogens is 188 g/mol. The highest BCUT2D eigenvalue weighted by Gasteiger charge is 2.07. The summed E-state index contributed by atoms with van der Waals surface area (Å²) in [4.78, 5) is 11.2. The van der Waals surface area contributed by atoms with E-state index >= 15 is 0 Å². The molecule has 1 aromatic carbocycles. The van der Waals surface area contributed by atoms with Crippen molar-refractivity contribution >= 4 is 16.7 Å². The van der Waals surface area contributed by atoms with E-state index in [0.29, 0.717) is 6.04 Å². The number of rotatable bonds is 2. The van der Waals surface area contributed by atoms with Crippen LogP contribution in [0.15, 0.2) is 24.4 Å². The Balaban J connectivity index is 2.61. The first kappa shape index (κ1) is 9.90. The van der Waals surface area contributed by atoms with Crippen molar-refractivity contribution in [2.75, 3.05) is 0 Å². The van der Waals surface area contributed by atoms with Crippen LogP contribution in [-0.4, -0.2) is 15.6 Å². The van der Waals surface area contributed by atoms with Crippen LogP contribution in [-0.2, 0) is 0 Å². The third-order valence-electron chi connectivity index (χ3n) is 2.49. The second-order valence-corrected chi connectivity index (χ2v) is 4.01. The molecular formula is C12H14N2O. The van der Waals surface area contributed by atoms with Crippen LogP contribution in [0.5, 0.6) is 0 Å². The van der Waals surface area contributed by atoms with Crippen LogP contribution in [0.4, 0.5) is 0 Å². The van der Waals surface area contributed by atoms with Crippen molar-refractivity contribution in [1.82, 2.24) is 9.78 Å². The minimum absolute atomic E-state index is 0.0918. The van der Waals surface area contributed by atoms with Gasteiger partial charge in [0, 0.05) is 17.0 Å². The number of fused-ring (bicyclic) bond motifs is 1. The van der Waals surface area contributed by atoms with E-state index in [4.69, 9.17) is 0 Å². The van der Waals surface area contributed by atoms with Gasteiger partial charge >= 0.3 is 0 Å². The van der Waals surface area contributed by atoms with Gasteiger partial charge in [0.2, 0.25) is 0 Å². The fourth-order valence-electron chi connectivity index (χ4n) is 1.68. The van der Waals surface area contributed by atoms with Crippen molar-refractivity contribution in [1.29, 1.82) is 0 Å². The minimum atomic E-state index is 0.0918. The van der Waals surface area contributed by atoms with E-state index < -0.39 is 0 Å². The quantitative estimate of drug-likeness (QED) is 0.702. The zero-order valence-corrected chi connectivity index (χ0v) is 9.19. The molecule has 0 unspecified atom stereocenters. The lowest BCUT2D eigenvalue weighted by molar-refractivity contribution is 0.101. The maximum atomic E-state index is 11.2. The third kappa shape index (κ3) is 1.65. The average Bonchev–Trinajstić information content (AvgIpc) is 2.59. The SMILES string of the molecule is CC(=O)c1ccc2c(cnn2C(C)C)c1. The van der Waals surface area contributed by atoms with Crippen molar-refractivity contribution in [2.45, 2.75) is 26.8 Å². The van der Waals surface area contributed by atoms with Gasteiger partial charge in [-0.25, -0.2) is 0 Å². The van der Waals surface area contributed by atoms with Gasteiger partial charge < -0.3 is 0 Å². The van der Waals surface area contributed by atoms with Crippen LogP contribution in [0.1, 0.15) is 37.2 Å². The number of aromatic nitrogens is 2. The molecule has 0 radical (unpaired) electrons. The van der Waals surface area contributed by atoms with Gasteiger partial charge in [-0.2, -0.15) is 5.10 Å². The van der Waals surface area contributed by atoms with Crippen LogP contribution in [0.3, 0.4) is 0 Å². The molecule has 15 heavy (non-hydrogen) atoms. The van der Waals surface area contributed by atoms with Crippen molar-refractivity contribution in [3.8, 4) is 0 Å². The fourth-order valence-corrected chi connectivity index (χ4v) is 1.68. The lowest BCUT2D eigenvalue weighted by atomic mass is 10.1. The molecule has 0 aliphatic carbocycles. The van der Waals surface area contributed by atoms with Gasteiger partial charge in [-0.1, -0.05) is 0 Å². The molecule has 0 bridgehead atoms. The standard InChI is InChI=1S/C12H14N2O/c1-8(2)14-12-5-4-10(9(3)15)6-11(12)7-13-14/h4-8H,1-3H3. The van der Waals surface area contributed by atoms with Crippen LogP contribution in [0, 0.1) is 0 Å². The van der Waals surface area contributed by atoms with E-state index in [1.807, 2.05) is 29.1 Å². The molecule has 1 heterocycles. The Morgan fingerprint density at radius 1 is 1.40 bits per heavy atom. The van der Waals surface area contributed by atoms with Crippen molar-refractivity contribution < 1.29 is 4.79 Å². The van der Waals surface area contributed by atoms with Gasteiger partial charge in [0.05, 0.1) is 11.7 Å². The third-order valence-corrected chi connectivity index (χ3v) is 2.49. The normalized spacial score (nSPS) is 11.2. The Hall–Kier alpha value is -1.64. The van der Waals surface area contributed by atoms with E-state index in [9.17, 15) is 4.79 Å². The Bertz CT molecular complexity index is 511. The zero-order chi connectivity index (χ0) is 11.0. The Labute approximate surface area is 88.7 Å². The molecule has 0 spiro atoms. The van der Waals surface area contributed by atoms with Gasteiger partial charge in [0.15, 0.2) is 5.78 Å². The second kappa shape index (κ2) is 3.50. The molecule has 0 saturated carbocycles. The van der Waals surface area contributed by atoms with E-state index in [0.717, 1.165) is 16.5 Å². The number of nitrogens with zero attached hydrogens (tertiary/aromatic N) is 2. The highest BCUT2D eigenvalue weighted by atomic mass is 16.1. The molecule has 0 amide bonds. The van der Waals surface area contributed by atoms with E-state index in [-0.39, 0.29) is 5.78 Å². The molecule has 0 aliphatic rings. The summed E-state index contributed by atoms with van der Waals surface area (Å²) in [5.74, 6) is 0.0918. The number of ketones is 1. The summed E-state index contributed by atoms with van der Waals surface area (Å²) in [6.45, 7) is 5.75. The molecule has 3 heteroatoms. The maximum Gasteiger partial charge on any atom is 0.159 e. The molecule has 78 valence electrons. The summed E-state index contributed by atoms with van der Waals surface area (Å²) >= 11 is 0. The molecule has 0 atom stereocenters. The van der Waals surface area contributed by atoms with Gasteiger partial charge in [-0.3, -0.25) is 9.48 Å². The van der Waals surface area contributed by atoms with Crippen molar-refractivity contribution in [3.63, 3.8) is 0 Å². The van der Waals surface area contributed by atoms with E-state index in [1.165, 1.54) is 0 Å². The van der Waals surface area contributed by atoms with Crippen LogP contribution in [0.2, 0.25) is 0 Å². The summed E-state index contributed by atoms with van der Waals surface area (Å²) < 4.78 is 1.96. The largest absolute Gasteiger partial charge is 0.295 e. The molecule has 2 aromatic rings. The second-order valence-electron chi connectivity index (χ2n) is 4.01. The smallest absolute Gasteiger partial charge is 0.159 e. The van der Waals surface area contributed by atoms with E-state index in [2.05, 4.69) is 18.9 Å². The van der Waals surface area contributed by atoms with Crippen LogP contribution in [0.25, 0.3) is 10.9 Å². The summed E-state index contributed by atoms with van der Waals surface area (Å²) in [7, 11) is 0. The van der Waals surface area contributed by atoms with E-state index in [1.54, 1.807) is 6.92 Å². The number of hydrogen-bond donors (Lipinski definition) is 0. The average molecular weight is 202 g/mol.